The van der Waals surface area contributed by atoms with Crippen LogP contribution in [0.2, 0.25) is 0 Å². The highest BCUT2D eigenvalue weighted by Gasteiger charge is 2.21. The lowest BCUT2D eigenvalue weighted by atomic mass is 9.98. The lowest BCUT2D eigenvalue weighted by Crippen LogP contribution is -2.12. The van der Waals surface area contributed by atoms with Gasteiger partial charge in [-0.1, -0.05) is 0 Å². The van der Waals surface area contributed by atoms with Gasteiger partial charge in [-0.05, 0) is 25.7 Å². The second kappa shape index (κ2) is 2.87. The molecule has 4 heteroatoms. The van der Waals surface area contributed by atoms with E-state index in [0.29, 0.717) is 5.56 Å². The molecule has 0 saturated carbocycles. The Morgan fingerprint density at radius 3 is 2.77 bits per heavy atom. The largest absolute Gasteiger partial charge is 0.361 e. The molecular weight excluding hydrogens is 170 g/mol. The average Bonchev–Trinajstić information content (AvgIpc) is 2.45. The minimum absolute atomic E-state index is 0.222. The predicted molar refractivity (Wildman–Crippen MR) is 45.9 cm³/mol. The predicted octanol–water partition coefficient (Wildman–Crippen LogP) is 0.980. The fourth-order valence-electron chi connectivity index (χ4n) is 1.78. The molecule has 0 aliphatic heterocycles. The highest BCUT2D eigenvalue weighted by atomic mass is 16.5. The quantitative estimate of drug-likeness (QED) is 0.599. The van der Waals surface area contributed by atoms with E-state index in [2.05, 4.69) is 0 Å². The minimum Gasteiger partial charge on any atom is -0.328 e. The Morgan fingerprint density at radius 2 is 2.08 bits per heavy atom. The van der Waals surface area contributed by atoms with Gasteiger partial charge in [0.15, 0.2) is 0 Å². The number of hydrogen-bond donors (Lipinski definition) is 0. The zero-order chi connectivity index (χ0) is 9.42. The summed E-state index contributed by atoms with van der Waals surface area (Å²) in [5.74, 6) is -0.222. The lowest BCUT2D eigenvalue weighted by Gasteiger charge is -2.09. The molecule has 0 N–H and O–H groups in total. The molecule has 0 fully saturated rings. The topological polar surface area (TPSA) is 52.2 Å². The van der Waals surface area contributed by atoms with Crippen LogP contribution in [0.3, 0.4) is 0 Å². The molecule has 0 saturated heterocycles. The molecule has 13 heavy (non-hydrogen) atoms. The second-order valence-corrected chi connectivity index (χ2v) is 3.32. The Hall–Kier alpha value is -1.32. The van der Waals surface area contributed by atoms with Crippen molar-refractivity contribution in [2.45, 2.75) is 32.6 Å². The van der Waals surface area contributed by atoms with E-state index < -0.39 is 0 Å². The van der Waals surface area contributed by atoms with Crippen LogP contribution >= 0.6 is 0 Å². The first-order valence-corrected chi connectivity index (χ1v) is 4.45. The van der Waals surface area contributed by atoms with E-state index in [1.165, 1.54) is 6.92 Å². The number of nitrogens with zero attached hydrogens (tertiary/aromatic N) is 1. The van der Waals surface area contributed by atoms with Crippen LogP contribution in [-0.4, -0.2) is 10.6 Å². The highest BCUT2D eigenvalue weighted by molar-refractivity contribution is 5.75. The fraction of sp³-hybridized carbons (Fsp3) is 0.556. The van der Waals surface area contributed by atoms with Gasteiger partial charge in [-0.25, -0.2) is 4.79 Å². The van der Waals surface area contributed by atoms with Crippen LogP contribution in [0.15, 0.2) is 9.32 Å². The Morgan fingerprint density at radius 1 is 1.38 bits per heavy atom. The van der Waals surface area contributed by atoms with Crippen LogP contribution in [0.4, 0.5) is 0 Å². The molecule has 1 heterocycles. The summed E-state index contributed by atoms with van der Waals surface area (Å²) in [6, 6.07) is 0. The third-order valence-electron chi connectivity index (χ3n) is 2.39. The first kappa shape index (κ1) is 8.29. The van der Waals surface area contributed by atoms with Crippen molar-refractivity contribution in [3.63, 3.8) is 0 Å². The maximum absolute atomic E-state index is 11.2. The smallest absolute Gasteiger partial charge is 0.328 e. The van der Waals surface area contributed by atoms with Gasteiger partial charge in [0.25, 0.3) is 5.91 Å². The van der Waals surface area contributed by atoms with E-state index in [1.807, 2.05) is 0 Å². The van der Waals surface area contributed by atoms with E-state index in [-0.39, 0.29) is 11.5 Å². The molecule has 4 nitrogen and oxygen atoms in total. The summed E-state index contributed by atoms with van der Waals surface area (Å²) < 4.78 is 5.98. The number of rotatable bonds is 0. The zero-order valence-corrected chi connectivity index (χ0v) is 7.50. The first-order valence-electron chi connectivity index (χ1n) is 4.45. The summed E-state index contributed by atoms with van der Waals surface area (Å²) >= 11 is 0. The molecule has 0 atom stereocenters. The first-order chi connectivity index (χ1) is 6.20. The molecule has 70 valence electrons. The van der Waals surface area contributed by atoms with E-state index in [0.717, 1.165) is 36.1 Å². The van der Waals surface area contributed by atoms with Crippen molar-refractivity contribution in [3.05, 3.63) is 21.7 Å². The summed E-state index contributed by atoms with van der Waals surface area (Å²) in [5.41, 5.74) is 1.13. The van der Waals surface area contributed by atoms with Crippen molar-refractivity contribution in [1.82, 2.24) is 4.74 Å². The van der Waals surface area contributed by atoms with Crippen molar-refractivity contribution in [2.24, 2.45) is 0 Å². The molecule has 0 bridgehead atoms. The SMILES string of the molecule is CC(=O)n1oc(=O)c2c1CCCC2. The van der Waals surface area contributed by atoms with Gasteiger partial charge in [-0.15, -0.1) is 4.74 Å². The van der Waals surface area contributed by atoms with E-state index in [9.17, 15) is 9.59 Å². The third-order valence-corrected chi connectivity index (χ3v) is 2.39. The summed E-state index contributed by atoms with van der Waals surface area (Å²) in [7, 11) is 0. The van der Waals surface area contributed by atoms with Crippen LogP contribution in [0, 0.1) is 0 Å². The average molecular weight is 181 g/mol. The van der Waals surface area contributed by atoms with Crippen molar-refractivity contribution < 1.29 is 9.32 Å². The van der Waals surface area contributed by atoms with Crippen LogP contribution in [0.25, 0.3) is 0 Å². The van der Waals surface area contributed by atoms with Gasteiger partial charge < -0.3 is 4.52 Å². The van der Waals surface area contributed by atoms with Crippen LogP contribution in [0.1, 0.15) is 35.8 Å². The summed E-state index contributed by atoms with van der Waals surface area (Å²) in [6.07, 6.45) is 3.57. The Balaban J connectivity index is 2.60. The fourth-order valence-corrected chi connectivity index (χ4v) is 1.78. The van der Waals surface area contributed by atoms with Gasteiger partial charge in [0, 0.05) is 6.92 Å². The van der Waals surface area contributed by atoms with Crippen LogP contribution in [0.5, 0.6) is 0 Å². The molecule has 1 aliphatic rings. The summed E-state index contributed by atoms with van der Waals surface area (Å²) in [5, 5.41) is 0. The van der Waals surface area contributed by atoms with E-state index in [1.54, 1.807) is 0 Å². The van der Waals surface area contributed by atoms with Crippen molar-refractivity contribution in [3.8, 4) is 0 Å². The number of aromatic nitrogens is 1. The molecule has 0 spiro atoms. The molecule has 0 aromatic carbocycles. The molecule has 1 aromatic rings. The summed E-state index contributed by atoms with van der Waals surface area (Å²) in [4.78, 5) is 22.3. The Bertz CT molecular complexity index is 399. The molecule has 1 aromatic heterocycles. The maximum Gasteiger partial charge on any atom is 0.361 e. The Kier molecular flexibility index (Phi) is 1.83. The standard InChI is InChI=1S/C9H11NO3/c1-6(11)10-8-5-3-2-4-7(8)9(12)13-10/h2-5H2,1H3. The number of carbonyl (C=O) groups excluding carboxylic acids is 1. The molecule has 1 aliphatic carbocycles. The van der Waals surface area contributed by atoms with Gasteiger partial charge >= 0.3 is 5.63 Å². The maximum atomic E-state index is 11.2. The molecule has 0 unspecified atom stereocenters. The molecular formula is C9H11NO3. The van der Waals surface area contributed by atoms with Gasteiger partial charge in [-0.2, -0.15) is 0 Å². The molecule has 0 radical (unpaired) electrons. The highest BCUT2D eigenvalue weighted by Crippen LogP contribution is 2.18. The minimum atomic E-state index is -0.343. The zero-order valence-electron chi connectivity index (χ0n) is 7.50. The molecule has 0 amide bonds. The third kappa shape index (κ3) is 1.22. The molecule has 2 rings (SSSR count). The van der Waals surface area contributed by atoms with Crippen molar-refractivity contribution >= 4 is 5.91 Å². The van der Waals surface area contributed by atoms with E-state index >= 15 is 0 Å². The van der Waals surface area contributed by atoms with Gasteiger partial charge in [0.2, 0.25) is 0 Å². The summed E-state index contributed by atoms with van der Waals surface area (Å²) in [6.45, 7) is 1.40. The normalized spacial score (nSPS) is 15.5. The van der Waals surface area contributed by atoms with Crippen molar-refractivity contribution in [2.75, 3.05) is 0 Å². The van der Waals surface area contributed by atoms with Crippen molar-refractivity contribution in [1.29, 1.82) is 0 Å². The number of fused-ring (bicyclic) bond motifs is 1. The number of carbonyl (C=O) groups is 1. The van der Waals surface area contributed by atoms with Crippen LogP contribution in [-0.2, 0) is 12.8 Å². The lowest BCUT2D eigenvalue weighted by molar-refractivity contribution is 0.0804. The van der Waals surface area contributed by atoms with Crippen LogP contribution < -0.4 is 5.63 Å². The Labute approximate surface area is 75.1 Å². The van der Waals surface area contributed by atoms with Gasteiger partial charge in [0.05, 0.1) is 11.3 Å². The van der Waals surface area contributed by atoms with Gasteiger partial charge in [-0.3, -0.25) is 4.79 Å². The van der Waals surface area contributed by atoms with Gasteiger partial charge in [0.1, 0.15) is 0 Å². The monoisotopic (exact) mass is 181 g/mol. The van der Waals surface area contributed by atoms with E-state index in [4.69, 9.17) is 4.52 Å². The number of hydrogen-bond acceptors (Lipinski definition) is 3. The second-order valence-electron chi connectivity index (χ2n) is 3.32.